The van der Waals surface area contributed by atoms with Crippen LogP contribution in [0.4, 0.5) is 23.4 Å². The molecule has 2 aromatic heterocycles. The molecule has 4 rings (SSSR count). The highest BCUT2D eigenvalue weighted by atomic mass is 19.3. The zero-order valence-electron chi connectivity index (χ0n) is 14.7. The van der Waals surface area contributed by atoms with E-state index in [1.165, 1.54) is 24.4 Å². The Morgan fingerprint density at radius 2 is 1.79 bits per heavy atom. The van der Waals surface area contributed by atoms with E-state index in [0.717, 1.165) is 12.1 Å². The predicted octanol–water partition coefficient (Wildman–Crippen LogP) is 4.28. The number of fused-ring (bicyclic) bond motifs is 1. The van der Waals surface area contributed by atoms with Crippen LogP contribution in [0.5, 0.6) is 5.75 Å². The van der Waals surface area contributed by atoms with Crippen molar-refractivity contribution < 1.29 is 22.3 Å². The average molecular weight is 403 g/mol. The molecule has 2 heterocycles. The molecule has 29 heavy (non-hydrogen) atoms. The molecule has 0 aliphatic carbocycles. The summed E-state index contributed by atoms with van der Waals surface area (Å²) in [4.78, 5) is 4.21. The molecule has 0 fully saturated rings. The van der Waals surface area contributed by atoms with Gasteiger partial charge in [0.15, 0.2) is 23.1 Å². The highest BCUT2D eigenvalue weighted by Gasteiger charge is 2.11. The van der Waals surface area contributed by atoms with Crippen molar-refractivity contribution in [2.24, 2.45) is 0 Å². The van der Waals surface area contributed by atoms with Crippen molar-refractivity contribution >= 4 is 11.5 Å². The van der Waals surface area contributed by atoms with Gasteiger partial charge < -0.3 is 10.1 Å². The molecule has 0 saturated heterocycles. The fourth-order valence-electron chi connectivity index (χ4n) is 2.72. The van der Waals surface area contributed by atoms with Crippen molar-refractivity contribution in [1.82, 2.24) is 19.6 Å². The predicted molar refractivity (Wildman–Crippen MR) is 96.5 cm³/mol. The molecule has 0 aliphatic rings. The number of anilines is 1. The number of hydrogen-bond donors (Lipinski definition) is 1. The van der Waals surface area contributed by atoms with Gasteiger partial charge in [-0.25, -0.2) is 13.8 Å². The van der Waals surface area contributed by atoms with Gasteiger partial charge in [-0.2, -0.15) is 8.78 Å². The van der Waals surface area contributed by atoms with Gasteiger partial charge in [-0.1, -0.05) is 6.07 Å². The number of rotatable bonds is 6. The minimum absolute atomic E-state index is 0.0353. The summed E-state index contributed by atoms with van der Waals surface area (Å²) >= 11 is 0. The summed E-state index contributed by atoms with van der Waals surface area (Å²) in [6.45, 7) is -2.67. The number of benzene rings is 2. The summed E-state index contributed by atoms with van der Waals surface area (Å²) in [5, 5.41) is 11.1. The van der Waals surface area contributed by atoms with E-state index in [2.05, 4.69) is 25.2 Å². The second-order valence-electron chi connectivity index (χ2n) is 6.03. The monoisotopic (exact) mass is 403 g/mol. The van der Waals surface area contributed by atoms with Crippen molar-refractivity contribution in [1.29, 1.82) is 0 Å². The van der Waals surface area contributed by atoms with Crippen LogP contribution in [0.15, 0.2) is 54.9 Å². The summed E-state index contributed by atoms with van der Waals surface area (Å²) in [7, 11) is 0. The number of halogens is 4. The van der Waals surface area contributed by atoms with Crippen LogP contribution in [0.3, 0.4) is 0 Å². The number of nitrogens with one attached hydrogen (secondary N) is 1. The molecule has 1 N–H and O–H groups in total. The molecular weight excluding hydrogens is 390 g/mol. The van der Waals surface area contributed by atoms with E-state index in [1.807, 2.05) is 0 Å². The first kappa shape index (κ1) is 18.7. The lowest BCUT2D eigenvalue weighted by molar-refractivity contribution is -0.0498. The smallest absolute Gasteiger partial charge is 0.387 e. The lowest BCUT2D eigenvalue weighted by Gasteiger charge is -2.08. The van der Waals surface area contributed by atoms with Gasteiger partial charge >= 0.3 is 6.61 Å². The Morgan fingerprint density at radius 3 is 2.52 bits per heavy atom. The molecule has 0 aliphatic heterocycles. The number of nitrogens with zero attached hydrogens (tertiary/aromatic N) is 4. The second-order valence-corrected chi connectivity index (χ2v) is 6.03. The zero-order chi connectivity index (χ0) is 20.4. The summed E-state index contributed by atoms with van der Waals surface area (Å²) < 4.78 is 56.9. The van der Waals surface area contributed by atoms with Crippen LogP contribution in [-0.2, 0) is 6.54 Å². The molecule has 0 atom stereocenters. The van der Waals surface area contributed by atoms with Crippen molar-refractivity contribution in [3.8, 4) is 17.1 Å². The van der Waals surface area contributed by atoms with Gasteiger partial charge in [0, 0.05) is 12.1 Å². The van der Waals surface area contributed by atoms with Crippen LogP contribution >= 0.6 is 0 Å². The number of ether oxygens (including phenoxy) is 1. The van der Waals surface area contributed by atoms with E-state index in [1.54, 1.807) is 22.7 Å². The third-order valence-electron chi connectivity index (χ3n) is 4.09. The molecule has 0 saturated carbocycles. The SMILES string of the molecule is Fc1ccc(CNc2cn3c(-c4ccc(OC(F)F)cc4)nnc3cn2)cc1F. The average Bonchev–Trinajstić information content (AvgIpc) is 3.12. The largest absolute Gasteiger partial charge is 0.435 e. The molecule has 0 radical (unpaired) electrons. The van der Waals surface area contributed by atoms with Crippen molar-refractivity contribution in [3.05, 3.63) is 72.1 Å². The molecule has 6 nitrogen and oxygen atoms in total. The fourth-order valence-corrected chi connectivity index (χ4v) is 2.72. The van der Waals surface area contributed by atoms with Crippen LogP contribution in [0.2, 0.25) is 0 Å². The van der Waals surface area contributed by atoms with Crippen LogP contribution < -0.4 is 10.1 Å². The fraction of sp³-hybridized carbons (Fsp3) is 0.105. The van der Waals surface area contributed by atoms with Gasteiger partial charge in [0.05, 0.1) is 12.4 Å². The summed E-state index contributed by atoms with van der Waals surface area (Å²) in [6, 6.07) is 9.62. The Labute approximate surface area is 161 Å². The van der Waals surface area contributed by atoms with Gasteiger partial charge in [0.1, 0.15) is 11.6 Å². The molecule has 0 spiro atoms. The van der Waals surface area contributed by atoms with E-state index in [4.69, 9.17) is 0 Å². The molecule has 0 bridgehead atoms. The van der Waals surface area contributed by atoms with Crippen molar-refractivity contribution in [2.45, 2.75) is 13.2 Å². The molecule has 148 valence electrons. The molecule has 0 unspecified atom stereocenters. The number of aromatic nitrogens is 4. The molecule has 10 heteroatoms. The Hall–Kier alpha value is -3.69. The van der Waals surface area contributed by atoms with Crippen LogP contribution in [0.1, 0.15) is 5.56 Å². The summed E-state index contributed by atoms with van der Waals surface area (Å²) in [6.07, 6.45) is 3.15. The number of hydrogen-bond acceptors (Lipinski definition) is 5. The van der Waals surface area contributed by atoms with E-state index >= 15 is 0 Å². The Bertz CT molecular complexity index is 1150. The van der Waals surface area contributed by atoms with Gasteiger partial charge in [-0.15, -0.1) is 10.2 Å². The zero-order valence-corrected chi connectivity index (χ0v) is 14.7. The third-order valence-corrected chi connectivity index (χ3v) is 4.09. The topological polar surface area (TPSA) is 64.3 Å². The Balaban J connectivity index is 1.56. The van der Waals surface area contributed by atoms with Crippen molar-refractivity contribution in [3.63, 3.8) is 0 Å². The van der Waals surface area contributed by atoms with E-state index < -0.39 is 18.2 Å². The maximum atomic E-state index is 13.3. The third kappa shape index (κ3) is 4.10. The van der Waals surface area contributed by atoms with Crippen molar-refractivity contribution in [2.75, 3.05) is 5.32 Å². The normalized spacial score (nSPS) is 11.2. The van der Waals surface area contributed by atoms with Gasteiger partial charge in [-0.05, 0) is 42.0 Å². The lowest BCUT2D eigenvalue weighted by atomic mass is 10.2. The molecule has 2 aromatic carbocycles. The van der Waals surface area contributed by atoms with Gasteiger partial charge in [0.2, 0.25) is 0 Å². The highest BCUT2D eigenvalue weighted by Crippen LogP contribution is 2.23. The Morgan fingerprint density at radius 1 is 1.00 bits per heavy atom. The highest BCUT2D eigenvalue weighted by molar-refractivity contribution is 5.61. The standard InChI is InChI=1S/C19H13F4N5O/c20-14-6-1-11(7-15(14)21)8-24-16-10-28-17(9-25-16)26-27-18(28)12-2-4-13(5-3-12)29-19(22)23/h1-7,9-10,19,24H,8H2. The molecule has 0 amide bonds. The number of alkyl halides is 2. The first-order valence-corrected chi connectivity index (χ1v) is 8.43. The van der Waals surface area contributed by atoms with Crippen LogP contribution in [-0.4, -0.2) is 26.2 Å². The molecular formula is C19H13F4N5O. The van der Waals surface area contributed by atoms with Crippen LogP contribution in [0.25, 0.3) is 17.0 Å². The Kier molecular flexibility index (Phi) is 4.98. The minimum atomic E-state index is -2.90. The summed E-state index contributed by atoms with van der Waals surface area (Å²) in [5.74, 6) is -0.864. The quantitative estimate of drug-likeness (QED) is 0.487. The van der Waals surface area contributed by atoms with E-state index in [9.17, 15) is 17.6 Å². The first-order chi connectivity index (χ1) is 14.0. The molecule has 4 aromatic rings. The second kappa shape index (κ2) is 7.74. The van der Waals surface area contributed by atoms with E-state index in [0.29, 0.717) is 28.4 Å². The summed E-state index contributed by atoms with van der Waals surface area (Å²) in [5.41, 5.74) is 1.66. The van der Waals surface area contributed by atoms with E-state index in [-0.39, 0.29) is 12.3 Å². The maximum Gasteiger partial charge on any atom is 0.387 e. The minimum Gasteiger partial charge on any atom is -0.435 e. The van der Waals surface area contributed by atoms with Crippen LogP contribution in [0, 0.1) is 11.6 Å². The first-order valence-electron chi connectivity index (χ1n) is 8.43. The van der Waals surface area contributed by atoms with Gasteiger partial charge in [0.25, 0.3) is 0 Å². The maximum absolute atomic E-state index is 13.3. The van der Waals surface area contributed by atoms with Gasteiger partial charge in [-0.3, -0.25) is 4.40 Å². The lowest BCUT2D eigenvalue weighted by Crippen LogP contribution is -2.04.